The Balaban J connectivity index is 1.88. The number of hydrogen-bond acceptors (Lipinski definition) is 8. The van der Waals surface area contributed by atoms with Gasteiger partial charge in [0.25, 0.3) is 0 Å². The second-order valence-corrected chi connectivity index (χ2v) is 19.0. The molecule has 1 atom stereocenters. The average molecular weight is 605 g/mol. The summed E-state index contributed by atoms with van der Waals surface area (Å²) >= 11 is 0. The number of amides is 2. The van der Waals surface area contributed by atoms with Gasteiger partial charge in [-0.25, -0.2) is 17.5 Å². The highest BCUT2D eigenvalue weighted by Gasteiger charge is 2.35. The molecule has 1 aliphatic rings. The van der Waals surface area contributed by atoms with E-state index in [1.807, 2.05) is 13.8 Å². The average Bonchev–Trinajstić information content (AvgIpc) is 3.53. The van der Waals surface area contributed by atoms with Gasteiger partial charge < -0.3 is 24.1 Å². The van der Waals surface area contributed by atoms with Gasteiger partial charge >= 0.3 is 6.03 Å². The van der Waals surface area contributed by atoms with Crippen molar-refractivity contribution in [3.05, 3.63) is 36.1 Å². The molecule has 1 saturated heterocycles. The zero-order valence-electron chi connectivity index (χ0n) is 24.8. The van der Waals surface area contributed by atoms with Gasteiger partial charge in [-0.3, -0.25) is 4.57 Å². The van der Waals surface area contributed by atoms with Crippen LogP contribution in [0.15, 0.2) is 34.7 Å². The number of urea groups is 1. The van der Waals surface area contributed by atoms with Gasteiger partial charge in [0.1, 0.15) is 22.9 Å². The van der Waals surface area contributed by atoms with E-state index in [9.17, 15) is 13.2 Å². The Labute approximate surface area is 242 Å². The molecule has 1 aromatic carbocycles. The van der Waals surface area contributed by atoms with Crippen molar-refractivity contribution >= 4 is 30.1 Å². The molecular formula is C27H40N6O6SSi. The SMILES string of the molecule is COc1cccc(OC)c1-n1c(-c2ccc(C)o2)nnc1N(CC[Si](C)(C)C)S(=O)(=O)CCN1C(=O)NCC[C@@H]1C. The number of furan rings is 1. The summed E-state index contributed by atoms with van der Waals surface area (Å²) < 4.78 is 48.6. The topological polar surface area (TPSA) is 132 Å². The van der Waals surface area contributed by atoms with E-state index in [2.05, 4.69) is 35.2 Å². The Kier molecular flexibility index (Phi) is 9.02. The normalized spacial score (nSPS) is 16.0. The first-order chi connectivity index (χ1) is 19.4. The summed E-state index contributed by atoms with van der Waals surface area (Å²) in [5.74, 6) is 2.07. The Hall–Kier alpha value is -3.52. The minimum atomic E-state index is -3.98. The van der Waals surface area contributed by atoms with Gasteiger partial charge in [0.15, 0.2) is 5.76 Å². The minimum Gasteiger partial charge on any atom is -0.494 e. The second-order valence-electron chi connectivity index (χ2n) is 11.3. The zero-order chi connectivity index (χ0) is 29.9. The monoisotopic (exact) mass is 604 g/mol. The van der Waals surface area contributed by atoms with Gasteiger partial charge in [-0.15, -0.1) is 10.2 Å². The molecule has 14 heteroatoms. The van der Waals surface area contributed by atoms with Gasteiger partial charge in [-0.2, -0.15) is 0 Å². The Morgan fingerprint density at radius 2 is 1.80 bits per heavy atom. The number of carbonyl (C=O) groups is 1. The summed E-state index contributed by atoms with van der Waals surface area (Å²) in [5, 5.41) is 11.7. The molecule has 3 aromatic rings. The quantitative estimate of drug-likeness (QED) is 0.305. The number of sulfonamides is 1. The van der Waals surface area contributed by atoms with Gasteiger partial charge in [-0.1, -0.05) is 25.7 Å². The molecule has 0 radical (unpaired) electrons. The molecule has 1 fully saturated rings. The third-order valence-corrected chi connectivity index (χ3v) is 10.5. The summed E-state index contributed by atoms with van der Waals surface area (Å²) in [6.45, 7) is 11.1. The lowest BCUT2D eigenvalue weighted by molar-refractivity contribution is 0.164. The van der Waals surface area contributed by atoms with E-state index in [4.69, 9.17) is 13.9 Å². The summed E-state index contributed by atoms with van der Waals surface area (Å²) in [5.41, 5.74) is 0.443. The summed E-state index contributed by atoms with van der Waals surface area (Å²) in [6.07, 6.45) is 0.749. The van der Waals surface area contributed by atoms with E-state index < -0.39 is 18.1 Å². The van der Waals surface area contributed by atoms with Crippen LogP contribution in [0.4, 0.5) is 10.7 Å². The van der Waals surface area contributed by atoms with Crippen molar-refractivity contribution in [1.82, 2.24) is 25.0 Å². The predicted molar refractivity (Wildman–Crippen MR) is 160 cm³/mol. The van der Waals surface area contributed by atoms with Crippen LogP contribution in [0.2, 0.25) is 25.7 Å². The number of benzene rings is 1. The Bertz CT molecular complexity index is 1460. The molecule has 12 nitrogen and oxygen atoms in total. The van der Waals surface area contributed by atoms with Crippen molar-refractivity contribution in [3.63, 3.8) is 0 Å². The molecule has 0 spiro atoms. The minimum absolute atomic E-state index is 0.0507. The Morgan fingerprint density at radius 1 is 1.12 bits per heavy atom. The summed E-state index contributed by atoms with van der Waals surface area (Å²) in [7, 11) is -2.62. The number of para-hydroxylation sites is 1. The van der Waals surface area contributed by atoms with Crippen molar-refractivity contribution in [2.75, 3.05) is 43.9 Å². The second kappa shape index (κ2) is 12.1. The number of carbonyl (C=O) groups excluding carboxylic acids is 1. The fraction of sp³-hybridized carbons (Fsp3) is 0.519. The van der Waals surface area contributed by atoms with Crippen LogP contribution in [0.5, 0.6) is 11.5 Å². The molecule has 3 heterocycles. The molecule has 2 aromatic heterocycles. The highest BCUT2D eigenvalue weighted by molar-refractivity contribution is 7.92. The lowest BCUT2D eigenvalue weighted by Gasteiger charge is -2.34. The number of aryl methyl sites for hydroxylation is 1. The molecule has 41 heavy (non-hydrogen) atoms. The van der Waals surface area contributed by atoms with Crippen LogP contribution in [-0.2, 0) is 10.0 Å². The summed E-state index contributed by atoms with van der Waals surface area (Å²) in [4.78, 5) is 14.1. The van der Waals surface area contributed by atoms with Gasteiger partial charge in [0.2, 0.25) is 21.8 Å². The largest absolute Gasteiger partial charge is 0.494 e. The predicted octanol–water partition coefficient (Wildman–Crippen LogP) is 4.13. The first-order valence-corrected chi connectivity index (χ1v) is 19.0. The molecule has 0 unspecified atom stereocenters. The van der Waals surface area contributed by atoms with Crippen molar-refractivity contribution < 1.29 is 27.1 Å². The van der Waals surface area contributed by atoms with Crippen LogP contribution in [0.1, 0.15) is 19.1 Å². The van der Waals surface area contributed by atoms with Gasteiger partial charge in [-0.05, 0) is 50.6 Å². The third-order valence-electron chi connectivity index (χ3n) is 7.08. The standard InChI is InChI=1S/C27H40N6O6SSi/c1-19-13-14-28-27(34)31(19)15-17-40(35,36)32(16-18-41(5,6)7)26-30-29-25(23-12-11-20(2)39-23)33(26)24-21(37-3)9-8-10-22(24)38-4/h8-12,19H,13-18H2,1-7H3,(H,28,34)/t19-/m0/s1. The maximum absolute atomic E-state index is 14.2. The first kappa shape index (κ1) is 30.4. The van der Waals surface area contributed by atoms with Crippen molar-refractivity contribution in [2.24, 2.45) is 0 Å². The number of aromatic nitrogens is 3. The van der Waals surface area contributed by atoms with Gasteiger partial charge in [0.05, 0.1) is 20.0 Å². The molecule has 0 saturated carbocycles. The van der Waals surface area contributed by atoms with E-state index in [1.54, 1.807) is 39.8 Å². The lowest BCUT2D eigenvalue weighted by atomic mass is 10.2. The highest BCUT2D eigenvalue weighted by atomic mass is 32.2. The van der Waals surface area contributed by atoms with Crippen molar-refractivity contribution in [2.45, 2.75) is 52.0 Å². The van der Waals surface area contributed by atoms with E-state index in [1.165, 1.54) is 18.5 Å². The molecule has 2 amide bonds. The fourth-order valence-electron chi connectivity index (χ4n) is 4.70. The number of nitrogens with one attached hydrogen (secondary N) is 1. The van der Waals surface area contributed by atoms with Crippen LogP contribution < -0.4 is 19.1 Å². The smallest absolute Gasteiger partial charge is 0.317 e. The van der Waals surface area contributed by atoms with E-state index in [0.29, 0.717) is 47.1 Å². The molecule has 1 aliphatic heterocycles. The van der Waals surface area contributed by atoms with Crippen LogP contribution in [-0.4, -0.2) is 87.8 Å². The molecule has 1 N–H and O–H groups in total. The van der Waals surface area contributed by atoms with Crippen molar-refractivity contribution in [3.8, 4) is 28.8 Å². The van der Waals surface area contributed by atoms with Gasteiger partial charge in [0, 0.05) is 33.7 Å². The van der Waals surface area contributed by atoms with Crippen molar-refractivity contribution in [1.29, 1.82) is 0 Å². The maximum Gasteiger partial charge on any atom is 0.317 e. The summed E-state index contributed by atoms with van der Waals surface area (Å²) in [6, 6.07) is 9.22. The number of ether oxygens (including phenoxy) is 2. The number of nitrogens with zero attached hydrogens (tertiary/aromatic N) is 5. The highest BCUT2D eigenvalue weighted by Crippen LogP contribution is 2.39. The van der Waals surface area contributed by atoms with Crippen LogP contribution in [0, 0.1) is 6.92 Å². The van der Waals surface area contributed by atoms with Crippen LogP contribution in [0.25, 0.3) is 17.3 Å². The number of anilines is 1. The molecule has 0 bridgehead atoms. The molecular weight excluding hydrogens is 564 g/mol. The third kappa shape index (κ3) is 6.69. The van der Waals surface area contributed by atoms with E-state index >= 15 is 0 Å². The zero-order valence-corrected chi connectivity index (χ0v) is 26.6. The van der Waals surface area contributed by atoms with Crippen LogP contribution in [0.3, 0.4) is 0 Å². The number of rotatable bonds is 12. The lowest BCUT2D eigenvalue weighted by Crippen LogP contribution is -2.53. The first-order valence-electron chi connectivity index (χ1n) is 13.6. The number of methoxy groups -OCH3 is 2. The molecule has 4 rings (SSSR count). The maximum atomic E-state index is 14.2. The molecule has 0 aliphatic carbocycles. The van der Waals surface area contributed by atoms with Crippen LogP contribution >= 0.6 is 0 Å². The Morgan fingerprint density at radius 3 is 2.37 bits per heavy atom. The number of hydrogen-bond donors (Lipinski definition) is 1. The van der Waals surface area contributed by atoms with E-state index in [0.717, 1.165) is 6.42 Å². The molecule has 224 valence electrons. The van der Waals surface area contributed by atoms with E-state index in [-0.39, 0.29) is 36.9 Å². The fourth-order valence-corrected chi connectivity index (χ4v) is 7.14.